The van der Waals surface area contributed by atoms with Crippen LogP contribution in [0.3, 0.4) is 0 Å². The van der Waals surface area contributed by atoms with Crippen molar-refractivity contribution in [3.63, 3.8) is 0 Å². The number of rotatable bonds is 2. The summed E-state index contributed by atoms with van der Waals surface area (Å²) >= 11 is -1.89. The minimum Gasteiger partial charge on any atom is -0.411 e. The van der Waals surface area contributed by atoms with Crippen molar-refractivity contribution in [3.05, 3.63) is 0 Å². The molecule has 0 amide bonds. The van der Waals surface area contributed by atoms with Gasteiger partial charge in [-0.2, -0.15) is 0 Å². The molecule has 0 aliphatic carbocycles. The summed E-state index contributed by atoms with van der Waals surface area (Å²) in [7, 11) is 0. The maximum absolute atomic E-state index is 9.89. The maximum atomic E-state index is 9.89. The molecule has 48 valence electrons. The standard InChI is InChI=1S/C3H7NO3S/c1-3(4-5)2-8(6)7/h5H,2H2,1H3,(H,6,7). The SMILES string of the molecule is CC(CS(=O)O)=NO. The van der Waals surface area contributed by atoms with Gasteiger partial charge in [-0.1, -0.05) is 5.16 Å². The van der Waals surface area contributed by atoms with Gasteiger partial charge in [-0.3, -0.25) is 0 Å². The second-order valence-electron chi connectivity index (χ2n) is 1.30. The van der Waals surface area contributed by atoms with Gasteiger partial charge in [0.05, 0.1) is 11.5 Å². The lowest BCUT2D eigenvalue weighted by Crippen LogP contribution is -2.04. The van der Waals surface area contributed by atoms with Crippen molar-refractivity contribution in [3.8, 4) is 0 Å². The average Bonchev–Trinajstić information content (AvgIpc) is 1.65. The third-order valence-corrected chi connectivity index (χ3v) is 1.17. The first kappa shape index (κ1) is 7.58. The normalized spacial score (nSPS) is 16.0. The molecule has 0 radical (unpaired) electrons. The van der Waals surface area contributed by atoms with Crippen molar-refractivity contribution in [2.75, 3.05) is 5.75 Å². The van der Waals surface area contributed by atoms with Crippen LogP contribution >= 0.6 is 0 Å². The van der Waals surface area contributed by atoms with Gasteiger partial charge in [0.25, 0.3) is 0 Å². The highest BCUT2D eigenvalue weighted by molar-refractivity contribution is 7.80. The van der Waals surface area contributed by atoms with Gasteiger partial charge in [-0.15, -0.1) is 0 Å². The average molecular weight is 137 g/mol. The largest absolute Gasteiger partial charge is 0.411 e. The number of oxime groups is 1. The first-order valence-corrected chi connectivity index (χ1v) is 3.19. The van der Waals surface area contributed by atoms with Gasteiger partial charge in [0.2, 0.25) is 0 Å². The van der Waals surface area contributed by atoms with Crippen LogP contribution in [0.1, 0.15) is 6.92 Å². The zero-order valence-corrected chi connectivity index (χ0v) is 5.18. The molecule has 8 heavy (non-hydrogen) atoms. The van der Waals surface area contributed by atoms with E-state index in [2.05, 4.69) is 5.16 Å². The Morgan fingerprint density at radius 3 is 2.50 bits per heavy atom. The van der Waals surface area contributed by atoms with Crippen LogP contribution in [-0.2, 0) is 11.1 Å². The third kappa shape index (κ3) is 3.76. The molecule has 1 atom stereocenters. The number of hydrogen-bond acceptors (Lipinski definition) is 3. The Kier molecular flexibility index (Phi) is 3.38. The molecule has 0 spiro atoms. The molecule has 0 aliphatic heterocycles. The van der Waals surface area contributed by atoms with Crippen molar-refractivity contribution in [2.24, 2.45) is 5.16 Å². The van der Waals surface area contributed by atoms with Crippen LogP contribution in [-0.4, -0.2) is 25.4 Å². The molecule has 0 bridgehead atoms. The van der Waals surface area contributed by atoms with Gasteiger partial charge in [0.1, 0.15) is 0 Å². The van der Waals surface area contributed by atoms with Gasteiger partial charge >= 0.3 is 0 Å². The Bertz CT molecular complexity index is 122. The van der Waals surface area contributed by atoms with Crippen LogP contribution in [0.2, 0.25) is 0 Å². The fourth-order valence-electron chi connectivity index (χ4n) is 0.208. The summed E-state index contributed by atoms with van der Waals surface area (Å²) < 4.78 is 18.0. The smallest absolute Gasteiger partial charge is 0.158 e. The van der Waals surface area contributed by atoms with Crippen molar-refractivity contribution in [2.45, 2.75) is 6.92 Å². The summed E-state index contributed by atoms with van der Waals surface area (Å²) in [5, 5.41) is 10.6. The predicted molar refractivity (Wildman–Crippen MR) is 30.5 cm³/mol. The van der Waals surface area contributed by atoms with Crippen LogP contribution in [0.25, 0.3) is 0 Å². The first-order chi connectivity index (χ1) is 3.66. The van der Waals surface area contributed by atoms with Gasteiger partial charge in [0.15, 0.2) is 11.1 Å². The molecule has 0 saturated carbocycles. The van der Waals surface area contributed by atoms with Crippen molar-refractivity contribution in [1.82, 2.24) is 0 Å². The molecule has 5 heteroatoms. The molecular weight excluding hydrogens is 130 g/mol. The minimum absolute atomic E-state index is 0.0868. The van der Waals surface area contributed by atoms with Gasteiger partial charge < -0.3 is 9.76 Å². The first-order valence-electron chi connectivity index (χ1n) is 1.92. The van der Waals surface area contributed by atoms with Gasteiger partial charge in [-0.25, -0.2) is 4.21 Å². The van der Waals surface area contributed by atoms with Crippen molar-refractivity contribution in [1.29, 1.82) is 0 Å². The zero-order chi connectivity index (χ0) is 6.57. The molecule has 0 heterocycles. The van der Waals surface area contributed by atoms with E-state index < -0.39 is 11.1 Å². The van der Waals surface area contributed by atoms with E-state index in [1.165, 1.54) is 6.92 Å². The van der Waals surface area contributed by atoms with Crippen molar-refractivity contribution >= 4 is 16.8 Å². The minimum atomic E-state index is -1.89. The summed E-state index contributed by atoms with van der Waals surface area (Å²) in [5.41, 5.74) is 0.255. The summed E-state index contributed by atoms with van der Waals surface area (Å²) in [5.74, 6) is -0.0868. The summed E-state index contributed by atoms with van der Waals surface area (Å²) in [6.07, 6.45) is 0. The Balaban J connectivity index is 3.56. The zero-order valence-electron chi connectivity index (χ0n) is 4.37. The second kappa shape index (κ2) is 3.57. The van der Waals surface area contributed by atoms with E-state index in [1.807, 2.05) is 0 Å². The molecule has 0 aromatic heterocycles. The fraction of sp³-hybridized carbons (Fsp3) is 0.667. The second-order valence-corrected chi connectivity index (χ2v) is 2.23. The third-order valence-electron chi connectivity index (χ3n) is 0.503. The van der Waals surface area contributed by atoms with Crippen LogP contribution in [0.5, 0.6) is 0 Å². The molecule has 0 saturated heterocycles. The Morgan fingerprint density at radius 1 is 1.88 bits per heavy atom. The predicted octanol–water partition coefficient (Wildman–Crippen LogP) is 0.0582. The molecule has 0 aliphatic rings. The molecule has 0 aromatic rings. The number of hydrogen-bond donors (Lipinski definition) is 2. The summed E-state index contributed by atoms with van der Waals surface area (Å²) in [6, 6.07) is 0. The maximum Gasteiger partial charge on any atom is 0.158 e. The molecule has 2 N–H and O–H groups in total. The van der Waals surface area contributed by atoms with Crippen LogP contribution in [0, 0.1) is 0 Å². The number of nitrogens with zero attached hydrogens (tertiary/aromatic N) is 1. The molecule has 0 aromatic carbocycles. The lowest BCUT2D eigenvalue weighted by Gasteiger charge is -1.88. The molecule has 4 nitrogen and oxygen atoms in total. The van der Waals surface area contributed by atoms with E-state index in [-0.39, 0.29) is 11.5 Å². The summed E-state index contributed by atoms with van der Waals surface area (Å²) in [6.45, 7) is 1.47. The van der Waals surface area contributed by atoms with E-state index in [9.17, 15) is 4.21 Å². The Morgan fingerprint density at radius 2 is 2.38 bits per heavy atom. The Hall–Kier alpha value is -0.420. The van der Waals surface area contributed by atoms with E-state index in [0.717, 1.165) is 0 Å². The quantitative estimate of drug-likeness (QED) is 0.245. The highest BCUT2D eigenvalue weighted by Crippen LogP contribution is 1.77. The topological polar surface area (TPSA) is 69.9 Å². The summed E-state index contributed by atoms with van der Waals surface area (Å²) in [4.78, 5) is 0. The highest BCUT2D eigenvalue weighted by Gasteiger charge is 1.95. The van der Waals surface area contributed by atoms with E-state index in [4.69, 9.17) is 9.76 Å². The molecule has 0 fully saturated rings. The van der Waals surface area contributed by atoms with Crippen LogP contribution in [0.4, 0.5) is 0 Å². The molecule has 0 rings (SSSR count). The Labute approximate surface area is 49.5 Å². The molecule has 1 unspecified atom stereocenters. The van der Waals surface area contributed by atoms with E-state index in [1.54, 1.807) is 0 Å². The van der Waals surface area contributed by atoms with E-state index >= 15 is 0 Å². The fourth-order valence-corrected chi connectivity index (χ4v) is 0.623. The lowest BCUT2D eigenvalue weighted by molar-refractivity contribution is 0.318. The lowest BCUT2D eigenvalue weighted by atomic mass is 10.5. The van der Waals surface area contributed by atoms with Crippen molar-refractivity contribution < 1.29 is 14.0 Å². The van der Waals surface area contributed by atoms with Gasteiger partial charge in [0, 0.05) is 0 Å². The van der Waals surface area contributed by atoms with Crippen LogP contribution in [0.15, 0.2) is 5.16 Å². The highest BCUT2D eigenvalue weighted by atomic mass is 32.2. The monoisotopic (exact) mass is 137 g/mol. The van der Waals surface area contributed by atoms with E-state index in [0.29, 0.717) is 0 Å². The van der Waals surface area contributed by atoms with Crippen LogP contribution < -0.4 is 0 Å². The van der Waals surface area contributed by atoms with Gasteiger partial charge in [-0.05, 0) is 6.92 Å². The molecular formula is C3H7NO3S.